The van der Waals surface area contributed by atoms with Crippen molar-refractivity contribution in [1.29, 1.82) is 0 Å². The molecule has 1 atom stereocenters. The lowest BCUT2D eigenvalue weighted by atomic mass is 9.83. The van der Waals surface area contributed by atoms with E-state index >= 15 is 0 Å². The maximum atomic E-state index is 9.65. The minimum absolute atomic E-state index is 0.0120. The van der Waals surface area contributed by atoms with Crippen LogP contribution in [0.4, 0.5) is 0 Å². The summed E-state index contributed by atoms with van der Waals surface area (Å²) < 4.78 is 3.13. The molecule has 1 aliphatic heterocycles. The molecule has 2 N–H and O–H groups in total. The first kappa shape index (κ1) is 13.1. The predicted octanol–water partition coefficient (Wildman–Crippen LogP) is 1.49. The molecule has 17 heavy (non-hydrogen) atoms. The number of aliphatic hydroxyl groups excluding tert-OH is 1. The Labute approximate surface area is 111 Å². The van der Waals surface area contributed by atoms with Crippen LogP contribution in [0.3, 0.4) is 0 Å². The fraction of sp³-hybridized carbons (Fsp3) is 0.750. The zero-order valence-corrected chi connectivity index (χ0v) is 12.0. The van der Waals surface area contributed by atoms with Gasteiger partial charge in [0.2, 0.25) is 0 Å². The van der Waals surface area contributed by atoms with Crippen LogP contribution < -0.4 is 5.32 Å². The standard InChI is InChI=1S/C12H20BrN3O/c1-3-16-10(11(13)9(2)15-16)6-12(8-17)4-5-14-7-12/h14,17H,3-8H2,1-2H3. The summed E-state index contributed by atoms with van der Waals surface area (Å²) in [5, 5.41) is 17.5. The second kappa shape index (κ2) is 5.08. The number of nitrogens with zero attached hydrogens (tertiary/aromatic N) is 2. The van der Waals surface area contributed by atoms with E-state index in [1.807, 2.05) is 11.6 Å². The Kier molecular flexibility index (Phi) is 3.90. The van der Waals surface area contributed by atoms with Crippen molar-refractivity contribution in [2.45, 2.75) is 33.2 Å². The third kappa shape index (κ3) is 2.41. The van der Waals surface area contributed by atoms with Gasteiger partial charge in [0.1, 0.15) is 0 Å². The van der Waals surface area contributed by atoms with Crippen molar-refractivity contribution in [3.05, 3.63) is 15.9 Å². The lowest BCUT2D eigenvalue weighted by Crippen LogP contribution is -2.31. The van der Waals surface area contributed by atoms with Crippen molar-refractivity contribution in [1.82, 2.24) is 15.1 Å². The Morgan fingerprint density at radius 3 is 2.88 bits per heavy atom. The molecule has 1 aromatic rings. The molecule has 96 valence electrons. The summed E-state index contributed by atoms with van der Waals surface area (Å²) >= 11 is 3.62. The molecule has 0 saturated carbocycles. The minimum Gasteiger partial charge on any atom is -0.396 e. The van der Waals surface area contributed by atoms with Crippen molar-refractivity contribution in [2.75, 3.05) is 19.7 Å². The van der Waals surface area contributed by atoms with Crippen LogP contribution in [0.25, 0.3) is 0 Å². The Hall–Kier alpha value is -0.390. The summed E-state index contributed by atoms with van der Waals surface area (Å²) in [5.74, 6) is 0. The summed E-state index contributed by atoms with van der Waals surface area (Å²) in [5.41, 5.74) is 2.23. The molecule has 1 unspecified atom stereocenters. The van der Waals surface area contributed by atoms with Gasteiger partial charge in [-0.25, -0.2) is 0 Å². The van der Waals surface area contributed by atoms with Crippen molar-refractivity contribution >= 4 is 15.9 Å². The molecule has 0 aromatic carbocycles. The van der Waals surface area contributed by atoms with Crippen LogP contribution in [0, 0.1) is 12.3 Å². The molecule has 0 spiro atoms. The molecule has 5 heteroatoms. The third-order valence-corrected chi connectivity index (χ3v) is 4.69. The Bertz CT molecular complexity index is 397. The Balaban J connectivity index is 2.28. The average Bonchev–Trinajstić information content (AvgIpc) is 2.90. The van der Waals surface area contributed by atoms with E-state index in [1.165, 1.54) is 5.69 Å². The van der Waals surface area contributed by atoms with E-state index in [4.69, 9.17) is 0 Å². The molecule has 1 fully saturated rings. The van der Waals surface area contributed by atoms with Gasteiger partial charge >= 0.3 is 0 Å². The van der Waals surface area contributed by atoms with E-state index in [2.05, 4.69) is 33.3 Å². The van der Waals surface area contributed by atoms with Gasteiger partial charge in [-0.15, -0.1) is 0 Å². The Morgan fingerprint density at radius 2 is 2.35 bits per heavy atom. The molecule has 0 aliphatic carbocycles. The fourth-order valence-electron chi connectivity index (χ4n) is 2.53. The van der Waals surface area contributed by atoms with Gasteiger partial charge < -0.3 is 10.4 Å². The smallest absolute Gasteiger partial charge is 0.0738 e. The van der Waals surface area contributed by atoms with Crippen LogP contribution in [0.5, 0.6) is 0 Å². The summed E-state index contributed by atoms with van der Waals surface area (Å²) in [6.45, 7) is 7.11. The minimum atomic E-state index is -0.0120. The van der Waals surface area contributed by atoms with Gasteiger partial charge in [-0.1, -0.05) is 0 Å². The number of rotatable bonds is 4. The maximum absolute atomic E-state index is 9.65. The van der Waals surface area contributed by atoms with E-state index < -0.39 is 0 Å². The van der Waals surface area contributed by atoms with Gasteiger partial charge in [-0.3, -0.25) is 4.68 Å². The highest BCUT2D eigenvalue weighted by Gasteiger charge is 2.35. The van der Waals surface area contributed by atoms with Crippen molar-refractivity contribution in [3.8, 4) is 0 Å². The molecular weight excluding hydrogens is 282 g/mol. The molecule has 0 amide bonds. The molecule has 1 saturated heterocycles. The van der Waals surface area contributed by atoms with Gasteiger partial charge in [0.15, 0.2) is 0 Å². The first-order chi connectivity index (χ1) is 8.12. The number of halogens is 1. The van der Waals surface area contributed by atoms with Gasteiger partial charge in [0.25, 0.3) is 0 Å². The molecule has 1 aromatic heterocycles. The third-order valence-electron chi connectivity index (χ3n) is 3.66. The second-order valence-electron chi connectivity index (χ2n) is 4.92. The van der Waals surface area contributed by atoms with Gasteiger partial charge in [-0.05, 0) is 49.2 Å². The first-order valence-corrected chi connectivity index (χ1v) is 6.94. The predicted molar refractivity (Wildman–Crippen MR) is 71.0 cm³/mol. The summed E-state index contributed by atoms with van der Waals surface area (Å²) in [6, 6.07) is 0. The van der Waals surface area contributed by atoms with Gasteiger partial charge in [0, 0.05) is 18.5 Å². The van der Waals surface area contributed by atoms with Crippen LogP contribution in [-0.2, 0) is 13.0 Å². The quantitative estimate of drug-likeness (QED) is 0.886. The average molecular weight is 302 g/mol. The molecule has 0 radical (unpaired) electrons. The number of hydrogen-bond acceptors (Lipinski definition) is 3. The van der Waals surface area contributed by atoms with Crippen LogP contribution in [0.15, 0.2) is 4.47 Å². The van der Waals surface area contributed by atoms with Crippen LogP contribution in [0.2, 0.25) is 0 Å². The van der Waals surface area contributed by atoms with E-state index in [0.717, 1.165) is 42.6 Å². The lowest BCUT2D eigenvalue weighted by molar-refractivity contribution is 0.140. The van der Waals surface area contributed by atoms with Crippen molar-refractivity contribution in [2.24, 2.45) is 5.41 Å². The normalized spacial score (nSPS) is 24.5. The monoisotopic (exact) mass is 301 g/mol. The number of aromatic nitrogens is 2. The molecule has 0 bridgehead atoms. The van der Waals surface area contributed by atoms with E-state index in [-0.39, 0.29) is 12.0 Å². The molecule has 2 rings (SSSR count). The van der Waals surface area contributed by atoms with Crippen LogP contribution >= 0.6 is 15.9 Å². The van der Waals surface area contributed by atoms with Gasteiger partial charge in [-0.2, -0.15) is 5.10 Å². The number of aliphatic hydroxyl groups is 1. The lowest BCUT2D eigenvalue weighted by Gasteiger charge is -2.26. The van der Waals surface area contributed by atoms with Gasteiger partial charge in [0.05, 0.1) is 22.5 Å². The first-order valence-electron chi connectivity index (χ1n) is 6.15. The van der Waals surface area contributed by atoms with Crippen molar-refractivity contribution < 1.29 is 5.11 Å². The molecule has 1 aliphatic rings. The highest BCUT2D eigenvalue weighted by Crippen LogP contribution is 2.33. The highest BCUT2D eigenvalue weighted by molar-refractivity contribution is 9.10. The van der Waals surface area contributed by atoms with E-state index in [1.54, 1.807) is 0 Å². The summed E-state index contributed by atoms with van der Waals surface area (Å²) in [7, 11) is 0. The highest BCUT2D eigenvalue weighted by atomic mass is 79.9. The molecular formula is C12H20BrN3O. The summed E-state index contributed by atoms with van der Waals surface area (Å²) in [4.78, 5) is 0. The molecule has 4 nitrogen and oxygen atoms in total. The van der Waals surface area contributed by atoms with Crippen LogP contribution in [0.1, 0.15) is 24.7 Å². The van der Waals surface area contributed by atoms with E-state index in [9.17, 15) is 5.11 Å². The topological polar surface area (TPSA) is 50.1 Å². The fourth-order valence-corrected chi connectivity index (χ4v) is 2.95. The van der Waals surface area contributed by atoms with E-state index in [0.29, 0.717) is 0 Å². The maximum Gasteiger partial charge on any atom is 0.0738 e. The number of nitrogens with one attached hydrogen (secondary N) is 1. The Morgan fingerprint density at radius 1 is 1.59 bits per heavy atom. The largest absolute Gasteiger partial charge is 0.396 e. The second-order valence-corrected chi connectivity index (χ2v) is 5.72. The van der Waals surface area contributed by atoms with Crippen LogP contribution in [-0.4, -0.2) is 34.6 Å². The molecule has 2 heterocycles. The zero-order chi connectivity index (χ0) is 12.5. The number of hydrogen-bond donors (Lipinski definition) is 2. The number of aryl methyl sites for hydroxylation is 2. The zero-order valence-electron chi connectivity index (χ0n) is 10.5. The SMILES string of the molecule is CCn1nc(C)c(Br)c1CC1(CO)CCNC1. The van der Waals surface area contributed by atoms with Crippen molar-refractivity contribution in [3.63, 3.8) is 0 Å². The summed E-state index contributed by atoms with van der Waals surface area (Å²) in [6.07, 6.45) is 1.91.